The number of sulfonamides is 1. The van der Waals surface area contributed by atoms with Gasteiger partial charge in [-0.2, -0.15) is 4.31 Å². The summed E-state index contributed by atoms with van der Waals surface area (Å²) in [4.78, 5) is 12.9. The van der Waals surface area contributed by atoms with Crippen LogP contribution in [0.15, 0.2) is 65.6 Å². The Hall–Kier alpha value is -3.10. The topological polar surface area (TPSA) is 82.1 Å². The summed E-state index contributed by atoms with van der Waals surface area (Å²) in [7, 11) is -0.479. The first kappa shape index (κ1) is 22.1. The van der Waals surface area contributed by atoms with E-state index < -0.39 is 10.0 Å². The average molecular weight is 456 g/mol. The Labute approximate surface area is 187 Å². The number of benzene rings is 3. The van der Waals surface area contributed by atoms with Crippen molar-refractivity contribution in [3.8, 4) is 17.2 Å². The number of esters is 1. The maximum atomic E-state index is 12.9. The number of nitrogens with zero attached hydrogens (tertiary/aromatic N) is 1. The number of carbonyl (C=O) groups excluding carboxylic acids is 1. The van der Waals surface area contributed by atoms with Crippen molar-refractivity contribution in [1.82, 2.24) is 4.31 Å². The second-order valence-electron chi connectivity index (χ2n) is 7.65. The van der Waals surface area contributed by atoms with Crippen LogP contribution in [0.4, 0.5) is 0 Å². The van der Waals surface area contributed by atoms with Gasteiger partial charge in [0.2, 0.25) is 10.0 Å². The molecule has 1 aliphatic rings. The summed E-state index contributed by atoms with van der Waals surface area (Å²) >= 11 is 0. The minimum atomic E-state index is -3.61. The van der Waals surface area contributed by atoms with Crippen LogP contribution in [0.2, 0.25) is 0 Å². The molecule has 4 rings (SSSR count). The molecule has 1 aliphatic heterocycles. The van der Waals surface area contributed by atoms with E-state index in [0.29, 0.717) is 24.3 Å². The fourth-order valence-electron chi connectivity index (χ4n) is 3.82. The number of piperidine rings is 1. The maximum absolute atomic E-state index is 12.9. The molecule has 1 heterocycles. The monoisotopic (exact) mass is 455 g/mol. The van der Waals surface area contributed by atoms with Crippen molar-refractivity contribution in [3.63, 3.8) is 0 Å². The third-order valence-electron chi connectivity index (χ3n) is 5.72. The van der Waals surface area contributed by atoms with E-state index in [1.165, 1.54) is 23.5 Å². The molecule has 0 radical (unpaired) electrons. The third-order valence-corrected chi connectivity index (χ3v) is 7.63. The maximum Gasteiger partial charge on any atom is 0.314 e. The molecule has 0 amide bonds. The molecule has 32 heavy (non-hydrogen) atoms. The van der Waals surface area contributed by atoms with Crippen molar-refractivity contribution in [3.05, 3.63) is 60.7 Å². The lowest BCUT2D eigenvalue weighted by atomic mass is 9.98. The Bertz CT molecular complexity index is 1210. The zero-order chi connectivity index (χ0) is 22.7. The van der Waals surface area contributed by atoms with Crippen LogP contribution in [0.5, 0.6) is 17.2 Å². The first-order valence-corrected chi connectivity index (χ1v) is 11.8. The highest BCUT2D eigenvalue weighted by Crippen LogP contribution is 2.28. The highest BCUT2D eigenvalue weighted by atomic mass is 32.2. The van der Waals surface area contributed by atoms with Crippen LogP contribution in [0.1, 0.15) is 12.8 Å². The number of ether oxygens (including phenoxy) is 3. The van der Waals surface area contributed by atoms with Crippen molar-refractivity contribution in [1.29, 1.82) is 0 Å². The van der Waals surface area contributed by atoms with E-state index in [2.05, 4.69) is 0 Å². The number of carbonyl (C=O) groups is 1. The SMILES string of the molecule is COc1ccc(S(=O)(=O)N2CCC(C(=O)Oc3ccc4ccc(OC)cc4c3)CC2)cc1. The van der Waals surface area contributed by atoms with E-state index in [9.17, 15) is 13.2 Å². The predicted molar refractivity (Wildman–Crippen MR) is 121 cm³/mol. The molecular weight excluding hydrogens is 430 g/mol. The van der Waals surface area contributed by atoms with Crippen LogP contribution >= 0.6 is 0 Å². The summed E-state index contributed by atoms with van der Waals surface area (Å²) in [6.45, 7) is 0.534. The first-order chi connectivity index (χ1) is 15.4. The van der Waals surface area contributed by atoms with E-state index in [1.54, 1.807) is 31.4 Å². The summed E-state index contributed by atoms with van der Waals surface area (Å²) in [5.74, 6) is 1.10. The van der Waals surface area contributed by atoms with Crippen LogP contribution in [0, 0.1) is 5.92 Å². The van der Waals surface area contributed by atoms with Gasteiger partial charge in [-0.25, -0.2) is 8.42 Å². The molecule has 7 nitrogen and oxygen atoms in total. The molecule has 0 N–H and O–H groups in total. The van der Waals surface area contributed by atoms with Gasteiger partial charge in [0.1, 0.15) is 17.2 Å². The molecule has 0 aliphatic carbocycles. The van der Waals surface area contributed by atoms with Gasteiger partial charge in [-0.15, -0.1) is 0 Å². The number of hydrogen-bond donors (Lipinski definition) is 0. The number of rotatable bonds is 6. The van der Waals surface area contributed by atoms with Crippen molar-refractivity contribution < 1.29 is 27.4 Å². The third kappa shape index (κ3) is 4.56. The van der Waals surface area contributed by atoms with Gasteiger partial charge in [-0.05, 0) is 72.1 Å². The molecule has 168 valence electrons. The quantitative estimate of drug-likeness (QED) is 0.415. The normalized spacial score (nSPS) is 15.4. The van der Waals surface area contributed by atoms with Crippen LogP contribution in [-0.4, -0.2) is 46.0 Å². The molecule has 8 heteroatoms. The van der Waals surface area contributed by atoms with E-state index in [1.807, 2.05) is 24.3 Å². The van der Waals surface area contributed by atoms with Crippen molar-refractivity contribution in [2.75, 3.05) is 27.3 Å². The largest absolute Gasteiger partial charge is 0.497 e. The van der Waals surface area contributed by atoms with E-state index in [0.717, 1.165) is 16.5 Å². The van der Waals surface area contributed by atoms with Crippen LogP contribution in [-0.2, 0) is 14.8 Å². The van der Waals surface area contributed by atoms with E-state index in [4.69, 9.17) is 14.2 Å². The van der Waals surface area contributed by atoms with E-state index >= 15 is 0 Å². The second kappa shape index (κ2) is 9.18. The molecule has 3 aromatic carbocycles. The Morgan fingerprint density at radius 2 is 1.38 bits per heavy atom. The highest BCUT2D eigenvalue weighted by molar-refractivity contribution is 7.89. The van der Waals surface area contributed by atoms with Crippen LogP contribution in [0.25, 0.3) is 10.8 Å². The molecule has 0 bridgehead atoms. The fourth-order valence-corrected chi connectivity index (χ4v) is 5.29. The summed E-state index contributed by atoms with van der Waals surface area (Å²) < 4.78 is 43.1. The fraction of sp³-hybridized carbons (Fsp3) is 0.292. The second-order valence-corrected chi connectivity index (χ2v) is 9.59. The van der Waals surface area contributed by atoms with Crippen molar-refractivity contribution >= 4 is 26.8 Å². The van der Waals surface area contributed by atoms with Gasteiger partial charge in [0, 0.05) is 13.1 Å². The Morgan fingerprint density at radius 1 is 0.812 bits per heavy atom. The smallest absolute Gasteiger partial charge is 0.314 e. The lowest BCUT2D eigenvalue weighted by Crippen LogP contribution is -2.41. The minimum Gasteiger partial charge on any atom is -0.497 e. The lowest BCUT2D eigenvalue weighted by molar-refractivity contribution is -0.140. The van der Waals surface area contributed by atoms with E-state index in [-0.39, 0.29) is 29.9 Å². The molecule has 1 saturated heterocycles. The zero-order valence-corrected chi connectivity index (χ0v) is 18.8. The first-order valence-electron chi connectivity index (χ1n) is 10.3. The van der Waals surface area contributed by atoms with Gasteiger partial charge < -0.3 is 14.2 Å². The Kier molecular flexibility index (Phi) is 6.34. The molecule has 3 aromatic rings. The molecule has 0 spiro atoms. The summed E-state index contributed by atoms with van der Waals surface area (Å²) in [6, 6.07) is 17.5. The summed E-state index contributed by atoms with van der Waals surface area (Å²) in [5.41, 5.74) is 0. The zero-order valence-electron chi connectivity index (χ0n) is 18.0. The Morgan fingerprint density at radius 3 is 2.00 bits per heavy atom. The molecule has 0 saturated carbocycles. The standard InChI is InChI=1S/C24H25NO6S/c1-29-20-7-9-23(10-8-20)32(27,28)25-13-11-18(12-14-25)24(26)31-22-6-4-17-3-5-21(30-2)15-19(17)16-22/h3-10,15-16,18H,11-14H2,1-2H3. The van der Waals surface area contributed by atoms with Gasteiger partial charge in [-0.3, -0.25) is 4.79 Å². The van der Waals surface area contributed by atoms with Crippen molar-refractivity contribution in [2.24, 2.45) is 5.92 Å². The van der Waals surface area contributed by atoms with Crippen LogP contribution < -0.4 is 14.2 Å². The highest BCUT2D eigenvalue weighted by Gasteiger charge is 2.33. The molecule has 0 aromatic heterocycles. The Balaban J connectivity index is 1.39. The van der Waals surface area contributed by atoms with Crippen molar-refractivity contribution in [2.45, 2.75) is 17.7 Å². The average Bonchev–Trinajstić information content (AvgIpc) is 2.83. The van der Waals surface area contributed by atoms with Crippen LogP contribution in [0.3, 0.4) is 0 Å². The van der Waals surface area contributed by atoms with Gasteiger partial charge in [0.25, 0.3) is 0 Å². The minimum absolute atomic E-state index is 0.214. The molecule has 1 fully saturated rings. The molecular formula is C24H25NO6S. The lowest BCUT2D eigenvalue weighted by Gasteiger charge is -2.30. The molecule has 0 atom stereocenters. The summed E-state index contributed by atoms with van der Waals surface area (Å²) in [5, 5.41) is 1.93. The predicted octanol–water partition coefficient (Wildman–Crippen LogP) is 3.86. The van der Waals surface area contributed by atoms with Gasteiger partial charge >= 0.3 is 5.97 Å². The summed E-state index contributed by atoms with van der Waals surface area (Å²) in [6.07, 6.45) is 0.825. The van der Waals surface area contributed by atoms with Gasteiger partial charge in [0.05, 0.1) is 25.0 Å². The number of methoxy groups -OCH3 is 2. The van der Waals surface area contributed by atoms with Gasteiger partial charge in [-0.1, -0.05) is 12.1 Å². The van der Waals surface area contributed by atoms with Gasteiger partial charge in [0.15, 0.2) is 0 Å². The molecule has 0 unspecified atom stereocenters. The number of hydrogen-bond acceptors (Lipinski definition) is 6. The number of fused-ring (bicyclic) bond motifs is 1.